The second-order valence-electron chi connectivity index (χ2n) is 9.27. The third-order valence-corrected chi connectivity index (χ3v) is 7.35. The van der Waals surface area contributed by atoms with E-state index in [1.54, 1.807) is 0 Å². The number of benzene rings is 4. The first-order valence-corrected chi connectivity index (χ1v) is 11.8. The highest BCUT2D eigenvalue weighted by Crippen LogP contribution is 2.46. The predicted octanol–water partition coefficient (Wildman–Crippen LogP) is 6.60. The van der Waals surface area contributed by atoms with Crippen LogP contribution in [0.5, 0.6) is 11.5 Å². The van der Waals surface area contributed by atoms with Crippen molar-refractivity contribution in [3.63, 3.8) is 0 Å². The molecule has 0 amide bonds. The zero-order valence-corrected chi connectivity index (χ0v) is 18.2. The highest BCUT2D eigenvalue weighted by molar-refractivity contribution is 6.09. The van der Waals surface area contributed by atoms with Gasteiger partial charge < -0.3 is 14.6 Å². The summed E-state index contributed by atoms with van der Waals surface area (Å²) in [5, 5.41) is 14.7. The van der Waals surface area contributed by atoms with Gasteiger partial charge in [0.1, 0.15) is 11.5 Å². The Balaban J connectivity index is 1.54. The second-order valence-corrected chi connectivity index (χ2v) is 9.27. The fourth-order valence-electron chi connectivity index (χ4n) is 5.55. The van der Waals surface area contributed by atoms with E-state index in [0.717, 1.165) is 48.3 Å². The molecular weight excluding hydrogens is 396 g/mol. The molecule has 1 aliphatic heterocycles. The molecule has 3 heteroatoms. The van der Waals surface area contributed by atoms with Gasteiger partial charge in [-0.15, -0.1) is 0 Å². The average Bonchev–Trinajstić information content (AvgIpc) is 2.92. The Labute approximate surface area is 188 Å². The van der Waals surface area contributed by atoms with E-state index in [0.29, 0.717) is 25.0 Å². The molecule has 4 aromatic rings. The predicted molar refractivity (Wildman–Crippen MR) is 129 cm³/mol. The first-order chi connectivity index (χ1) is 15.8. The van der Waals surface area contributed by atoms with Gasteiger partial charge in [0.15, 0.2) is 0 Å². The summed E-state index contributed by atoms with van der Waals surface area (Å²) in [5.74, 6) is 2.67. The van der Waals surface area contributed by atoms with Crippen LogP contribution in [0.3, 0.4) is 0 Å². The summed E-state index contributed by atoms with van der Waals surface area (Å²) in [4.78, 5) is 0. The maximum absolute atomic E-state index is 9.97. The van der Waals surface area contributed by atoms with Crippen molar-refractivity contribution in [3.05, 3.63) is 72.8 Å². The van der Waals surface area contributed by atoms with Gasteiger partial charge in [-0.05, 0) is 65.3 Å². The molecule has 1 fully saturated rings. The van der Waals surface area contributed by atoms with E-state index in [4.69, 9.17) is 9.47 Å². The molecule has 1 heterocycles. The Kier molecular flexibility index (Phi) is 4.99. The fraction of sp³-hybridized carbons (Fsp3) is 0.310. The Morgan fingerprint density at radius 2 is 1.06 bits per heavy atom. The Morgan fingerprint density at radius 3 is 1.59 bits per heavy atom. The molecule has 3 nitrogen and oxygen atoms in total. The molecule has 0 bridgehead atoms. The van der Waals surface area contributed by atoms with Crippen molar-refractivity contribution < 1.29 is 14.6 Å². The molecule has 1 aliphatic carbocycles. The number of fused-ring (bicyclic) bond motifs is 7. The topological polar surface area (TPSA) is 38.7 Å². The lowest BCUT2D eigenvalue weighted by molar-refractivity contribution is 0.0599. The van der Waals surface area contributed by atoms with Gasteiger partial charge in [0.2, 0.25) is 0 Å². The van der Waals surface area contributed by atoms with Gasteiger partial charge in [0, 0.05) is 17.0 Å². The van der Waals surface area contributed by atoms with Crippen LogP contribution in [0.2, 0.25) is 0 Å². The van der Waals surface area contributed by atoms with Crippen LogP contribution in [0.15, 0.2) is 72.8 Å². The smallest absolute Gasteiger partial charge is 0.127 e. The lowest BCUT2D eigenvalue weighted by Gasteiger charge is -2.31. The molecule has 1 saturated carbocycles. The summed E-state index contributed by atoms with van der Waals surface area (Å²) in [6, 6.07) is 25.6. The fourth-order valence-corrected chi connectivity index (χ4v) is 5.55. The number of aliphatic hydroxyl groups is 1. The number of ether oxygens (including phenoxy) is 2. The minimum Gasteiger partial charge on any atom is -0.492 e. The molecule has 32 heavy (non-hydrogen) atoms. The van der Waals surface area contributed by atoms with Crippen molar-refractivity contribution in [2.45, 2.75) is 31.8 Å². The van der Waals surface area contributed by atoms with Gasteiger partial charge in [0.05, 0.1) is 19.3 Å². The molecule has 0 spiro atoms. The molecular formula is C29H28O3. The van der Waals surface area contributed by atoms with Crippen LogP contribution < -0.4 is 9.47 Å². The van der Waals surface area contributed by atoms with Gasteiger partial charge in [0.25, 0.3) is 0 Å². The first-order valence-electron chi connectivity index (χ1n) is 11.8. The van der Waals surface area contributed by atoms with Gasteiger partial charge in [-0.1, -0.05) is 60.7 Å². The molecule has 4 aromatic carbocycles. The summed E-state index contributed by atoms with van der Waals surface area (Å²) in [6.07, 6.45) is 3.68. The van der Waals surface area contributed by atoms with Crippen molar-refractivity contribution in [1.82, 2.24) is 0 Å². The Morgan fingerprint density at radius 1 is 0.562 bits per heavy atom. The molecule has 0 saturated heterocycles. The van der Waals surface area contributed by atoms with Crippen molar-refractivity contribution in [3.8, 4) is 22.6 Å². The third kappa shape index (κ3) is 3.41. The van der Waals surface area contributed by atoms with Crippen LogP contribution in [-0.4, -0.2) is 24.4 Å². The Bertz CT molecular complexity index is 1180. The highest BCUT2D eigenvalue weighted by atomic mass is 16.5. The molecule has 2 aliphatic rings. The molecule has 6 rings (SSSR count). The maximum Gasteiger partial charge on any atom is 0.127 e. The lowest BCUT2D eigenvalue weighted by atomic mass is 9.79. The minimum atomic E-state index is -0.149. The van der Waals surface area contributed by atoms with Crippen molar-refractivity contribution in [1.29, 1.82) is 0 Å². The normalized spacial score (nSPS) is 21.5. The molecule has 1 N–H and O–H groups in total. The van der Waals surface area contributed by atoms with E-state index >= 15 is 0 Å². The van der Waals surface area contributed by atoms with Gasteiger partial charge in [-0.2, -0.15) is 0 Å². The van der Waals surface area contributed by atoms with E-state index < -0.39 is 0 Å². The van der Waals surface area contributed by atoms with Crippen LogP contribution in [-0.2, 0) is 0 Å². The summed E-state index contributed by atoms with van der Waals surface area (Å²) in [7, 11) is 0. The molecule has 162 valence electrons. The number of hydrogen-bond acceptors (Lipinski definition) is 3. The highest BCUT2D eigenvalue weighted by Gasteiger charge is 2.30. The van der Waals surface area contributed by atoms with Crippen molar-refractivity contribution >= 4 is 21.5 Å². The van der Waals surface area contributed by atoms with Crippen LogP contribution in [0.25, 0.3) is 32.7 Å². The molecule has 0 atom stereocenters. The zero-order chi connectivity index (χ0) is 21.5. The molecule has 0 radical (unpaired) electrons. The summed E-state index contributed by atoms with van der Waals surface area (Å²) in [6.45, 7) is 1.27. The molecule has 0 unspecified atom stereocenters. The first kappa shape index (κ1) is 19.6. The lowest BCUT2D eigenvalue weighted by Crippen LogP contribution is -2.31. The standard InChI is InChI=1S/C29H28O3/c30-23-13-9-19(10-14-23)22-17-31-26-15-11-20-5-1-3-7-24(20)28(26)29-25-8-4-2-6-21(25)12-16-27(29)32-18-22/h1-8,11-12,15-16,19,22-23,30H,9-10,13-14,17-18H2. The van der Waals surface area contributed by atoms with Crippen molar-refractivity contribution in [2.24, 2.45) is 11.8 Å². The van der Waals surface area contributed by atoms with E-state index in [1.165, 1.54) is 21.5 Å². The number of hydrogen-bond donors (Lipinski definition) is 1. The number of rotatable bonds is 1. The minimum absolute atomic E-state index is 0.149. The van der Waals surface area contributed by atoms with Gasteiger partial charge >= 0.3 is 0 Å². The van der Waals surface area contributed by atoms with Crippen LogP contribution >= 0.6 is 0 Å². The Hall–Kier alpha value is -3.04. The largest absolute Gasteiger partial charge is 0.492 e. The van der Waals surface area contributed by atoms with Crippen molar-refractivity contribution in [2.75, 3.05) is 13.2 Å². The van der Waals surface area contributed by atoms with E-state index in [-0.39, 0.29) is 6.10 Å². The number of aliphatic hydroxyl groups excluding tert-OH is 1. The monoisotopic (exact) mass is 424 g/mol. The van der Waals surface area contributed by atoms with Crippen LogP contribution in [0.1, 0.15) is 25.7 Å². The van der Waals surface area contributed by atoms with Crippen LogP contribution in [0, 0.1) is 11.8 Å². The van der Waals surface area contributed by atoms with Gasteiger partial charge in [-0.25, -0.2) is 0 Å². The van der Waals surface area contributed by atoms with E-state index in [1.807, 2.05) is 0 Å². The van der Waals surface area contributed by atoms with E-state index in [9.17, 15) is 5.11 Å². The summed E-state index contributed by atoms with van der Waals surface area (Å²) >= 11 is 0. The third-order valence-electron chi connectivity index (χ3n) is 7.35. The summed E-state index contributed by atoms with van der Waals surface area (Å²) < 4.78 is 13.1. The average molecular weight is 425 g/mol. The maximum atomic E-state index is 9.97. The second kappa shape index (κ2) is 8.14. The summed E-state index contributed by atoms with van der Waals surface area (Å²) in [5.41, 5.74) is 2.24. The quantitative estimate of drug-likeness (QED) is 0.374. The SMILES string of the molecule is OC1CCC(C2COc3ccc4ccccc4c3-c3c(ccc4ccccc34)OC2)CC1. The van der Waals surface area contributed by atoms with E-state index in [2.05, 4.69) is 72.8 Å². The molecule has 0 aromatic heterocycles. The zero-order valence-electron chi connectivity index (χ0n) is 18.2. The van der Waals surface area contributed by atoms with Crippen LogP contribution in [0.4, 0.5) is 0 Å². The van der Waals surface area contributed by atoms with Gasteiger partial charge in [-0.3, -0.25) is 0 Å².